The largest absolute Gasteiger partial charge is 0.269 e. The number of benzene rings is 2. The molecule has 4 nitrogen and oxygen atoms in total. The number of hydrogen-bond donors (Lipinski definition) is 0. The van der Waals surface area contributed by atoms with E-state index < -0.39 is 11.8 Å². The number of nitrogens with zero attached hydrogens (tertiary/aromatic N) is 2. The summed E-state index contributed by atoms with van der Waals surface area (Å²) in [4.78, 5) is 27.5. The predicted molar refractivity (Wildman–Crippen MR) is 89.6 cm³/mol. The molecule has 1 fully saturated rings. The minimum absolute atomic E-state index is 0.110. The standard InChI is InChI=1S/C17H12N2O2S/c1-12-15(20)18(13-8-4-2-5-9-13)17(22)19(16(12)21)14-10-6-3-7-11-14/h2-11H,1H2. The fraction of sp³-hybridized carbons (Fsp3) is 0. The van der Waals surface area contributed by atoms with Crippen LogP contribution in [0.25, 0.3) is 0 Å². The van der Waals surface area contributed by atoms with Gasteiger partial charge in [-0.25, -0.2) is 0 Å². The van der Waals surface area contributed by atoms with Crippen molar-refractivity contribution >= 4 is 40.5 Å². The number of hydrogen-bond acceptors (Lipinski definition) is 3. The molecule has 0 N–H and O–H groups in total. The van der Waals surface area contributed by atoms with Crippen molar-refractivity contribution < 1.29 is 9.59 Å². The van der Waals surface area contributed by atoms with Crippen LogP contribution >= 0.6 is 12.2 Å². The summed E-state index contributed by atoms with van der Waals surface area (Å²) in [7, 11) is 0. The van der Waals surface area contributed by atoms with Gasteiger partial charge in [-0.3, -0.25) is 19.4 Å². The molecule has 2 aromatic carbocycles. The number of carbonyl (C=O) groups excluding carboxylic acids is 2. The zero-order valence-corrected chi connectivity index (χ0v) is 12.4. The molecule has 5 heteroatoms. The number of carbonyl (C=O) groups is 2. The Morgan fingerprint density at radius 1 is 0.727 bits per heavy atom. The van der Waals surface area contributed by atoms with Crippen LogP contribution in [0.4, 0.5) is 11.4 Å². The van der Waals surface area contributed by atoms with E-state index in [4.69, 9.17) is 12.2 Å². The zero-order valence-electron chi connectivity index (χ0n) is 11.6. The Balaban J connectivity index is 2.09. The van der Waals surface area contributed by atoms with Gasteiger partial charge in [-0.15, -0.1) is 0 Å². The van der Waals surface area contributed by atoms with Crippen LogP contribution in [0.5, 0.6) is 0 Å². The van der Waals surface area contributed by atoms with Gasteiger partial charge in [0.1, 0.15) is 0 Å². The van der Waals surface area contributed by atoms with Crippen LogP contribution in [-0.2, 0) is 9.59 Å². The van der Waals surface area contributed by atoms with Gasteiger partial charge in [0.2, 0.25) is 0 Å². The maximum Gasteiger partial charge on any atom is 0.269 e. The van der Waals surface area contributed by atoms with Crippen LogP contribution < -0.4 is 9.80 Å². The van der Waals surface area contributed by atoms with E-state index in [0.29, 0.717) is 11.4 Å². The Hall–Kier alpha value is -2.79. The maximum atomic E-state index is 12.4. The lowest BCUT2D eigenvalue weighted by atomic mass is 10.1. The van der Waals surface area contributed by atoms with Gasteiger partial charge in [0.25, 0.3) is 11.8 Å². The monoisotopic (exact) mass is 308 g/mol. The van der Waals surface area contributed by atoms with Gasteiger partial charge in [0, 0.05) is 0 Å². The molecule has 1 aliphatic rings. The molecular weight excluding hydrogens is 296 g/mol. The van der Waals surface area contributed by atoms with E-state index >= 15 is 0 Å². The highest BCUT2D eigenvalue weighted by molar-refractivity contribution is 7.81. The molecule has 2 amide bonds. The summed E-state index contributed by atoms with van der Waals surface area (Å²) >= 11 is 5.39. The van der Waals surface area contributed by atoms with Crippen molar-refractivity contribution in [2.45, 2.75) is 0 Å². The second-order valence-electron chi connectivity index (χ2n) is 4.71. The lowest BCUT2D eigenvalue weighted by Gasteiger charge is -2.36. The topological polar surface area (TPSA) is 40.6 Å². The highest BCUT2D eigenvalue weighted by Crippen LogP contribution is 2.27. The van der Waals surface area contributed by atoms with Gasteiger partial charge in [-0.05, 0) is 36.5 Å². The van der Waals surface area contributed by atoms with Gasteiger partial charge in [-0.2, -0.15) is 0 Å². The molecular formula is C17H12N2O2S. The van der Waals surface area contributed by atoms with E-state index in [0.717, 1.165) is 0 Å². The predicted octanol–water partition coefficient (Wildman–Crippen LogP) is 2.91. The zero-order chi connectivity index (χ0) is 15.7. The summed E-state index contributed by atoms with van der Waals surface area (Å²) in [5.41, 5.74) is 1.10. The number of rotatable bonds is 2. The van der Waals surface area contributed by atoms with Crippen molar-refractivity contribution in [2.75, 3.05) is 9.80 Å². The number of para-hydroxylation sites is 2. The first kappa shape index (κ1) is 14.2. The molecule has 22 heavy (non-hydrogen) atoms. The summed E-state index contributed by atoms with van der Waals surface area (Å²) in [5.74, 6) is -0.984. The minimum atomic E-state index is -0.492. The second kappa shape index (κ2) is 5.54. The average molecular weight is 308 g/mol. The van der Waals surface area contributed by atoms with Gasteiger partial charge in [-0.1, -0.05) is 43.0 Å². The van der Waals surface area contributed by atoms with E-state index in [2.05, 4.69) is 6.58 Å². The number of thiocarbonyl (C=S) groups is 1. The van der Waals surface area contributed by atoms with Crippen molar-refractivity contribution in [3.8, 4) is 0 Å². The van der Waals surface area contributed by atoms with E-state index in [1.54, 1.807) is 48.5 Å². The molecule has 0 unspecified atom stereocenters. The molecule has 1 aliphatic heterocycles. The molecule has 0 spiro atoms. The third-order valence-corrected chi connectivity index (χ3v) is 3.70. The number of amides is 2. The van der Waals surface area contributed by atoms with Crippen molar-refractivity contribution in [3.63, 3.8) is 0 Å². The van der Waals surface area contributed by atoms with Crippen molar-refractivity contribution in [2.24, 2.45) is 0 Å². The molecule has 3 rings (SSSR count). The molecule has 0 saturated carbocycles. The highest BCUT2D eigenvalue weighted by atomic mass is 32.1. The van der Waals surface area contributed by atoms with Crippen LogP contribution in [0.2, 0.25) is 0 Å². The van der Waals surface area contributed by atoms with Crippen LogP contribution in [-0.4, -0.2) is 16.9 Å². The molecule has 0 radical (unpaired) electrons. The fourth-order valence-electron chi connectivity index (χ4n) is 2.24. The first-order valence-electron chi connectivity index (χ1n) is 6.63. The van der Waals surface area contributed by atoms with Crippen LogP contribution in [0.3, 0.4) is 0 Å². The molecule has 2 aromatic rings. The van der Waals surface area contributed by atoms with Gasteiger partial charge >= 0.3 is 0 Å². The van der Waals surface area contributed by atoms with Gasteiger partial charge in [0.05, 0.1) is 16.9 Å². The molecule has 1 saturated heterocycles. The van der Waals surface area contributed by atoms with Gasteiger partial charge < -0.3 is 0 Å². The summed E-state index contributed by atoms with van der Waals surface area (Å²) in [6, 6.07) is 17.9. The Morgan fingerprint density at radius 3 is 1.45 bits per heavy atom. The quantitative estimate of drug-likeness (QED) is 0.486. The van der Waals surface area contributed by atoms with Crippen LogP contribution in [0.1, 0.15) is 0 Å². The van der Waals surface area contributed by atoms with Crippen molar-refractivity contribution in [3.05, 3.63) is 72.8 Å². The summed E-state index contributed by atoms with van der Waals surface area (Å²) in [5, 5.41) is 0.125. The third kappa shape index (κ3) is 2.21. The van der Waals surface area contributed by atoms with E-state index in [9.17, 15) is 9.59 Å². The lowest BCUT2D eigenvalue weighted by molar-refractivity contribution is -0.120. The SMILES string of the molecule is C=C1C(=O)N(c2ccccc2)C(=S)N(c2ccccc2)C1=O. The van der Waals surface area contributed by atoms with Gasteiger partial charge in [0.15, 0.2) is 5.11 Å². The molecule has 108 valence electrons. The molecule has 0 bridgehead atoms. The Labute approximate surface area is 133 Å². The fourth-order valence-corrected chi connectivity index (χ4v) is 2.62. The molecule has 0 atom stereocenters. The van der Waals surface area contributed by atoms with E-state index in [1.807, 2.05) is 12.1 Å². The Morgan fingerprint density at radius 2 is 1.09 bits per heavy atom. The Bertz CT molecular complexity index is 708. The maximum absolute atomic E-state index is 12.4. The first-order valence-corrected chi connectivity index (χ1v) is 7.04. The minimum Gasteiger partial charge on any atom is -0.268 e. The highest BCUT2D eigenvalue weighted by Gasteiger charge is 2.39. The molecule has 1 heterocycles. The number of anilines is 2. The van der Waals surface area contributed by atoms with Crippen molar-refractivity contribution in [1.82, 2.24) is 0 Å². The molecule has 0 aliphatic carbocycles. The summed E-state index contributed by atoms with van der Waals surface area (Å²) in [6.07, 6.45) is 0. The van der Waals surface area contributed by atoms with E-state index in [-0.39, 0.29) is 10.7 Å². The summed E-state index contributed by atoms with van der Waals surface area (Å²) < 4.78 is 0. The second-order valence-corrected chi connectivity index (χ2v) is 5.08. The summed E-state index contributed by atoms with van der Waals surface area (Å²) in [6.45, 7) is 3.62. The smallest absolute Gasteiger partial charge is 0.268 e. The normalized spacial score (nSPS) is 15.5. The molecule has 0 aromatic heterocycles. The van der Waals surface area contributed by atoms with E-state index in [1.165, 1.54) is 9.80 Å². The average Bonchev–Trinajstić information content (AvgIpc) is 2.55. The first-order chi connectivity index (χ1) is 10.6. The lowest BCUT2D eigenvalue weighted by Crippen LogP contribution is -2.56. The van der Waals surface area contributed by atoms with Crippen LogP contribution in [0.15, 0.2) is 72.8 Å². The van der Waals surface area contributed by atoms with Crippen molar-refractivity contribution in [1.29, 1.82) is 0 Å². The third-order valence-electron chi connectivity index (χ3n) is 3.33. The van der Waals surface area contributed by atoms with Crippen LogP contribution in [0, 0.1) is 0 Å². The Kier molecular flexibility index (Phi) is 3.56.